The maximum atomic E-state index is 12.2. The van der Waals surface area contributed by atoms with Crippen molar-refractivity contribution in [1.29, 1.82) is 0 Å². The maximum Gasteiger partial charge on any atom is 0.244 e. The van der Waals surface area contributed by atoms with Gasteiger partial charge in [-0.3, -0.25) is 0 Å². The third-order valence-electron chi connectivity index (χ3n) is 2.56. The smallest absolute Gasteiger partial charge is 0.244 e. The average molecular weight is 272 g/mol. The van der Waals surface area contributed by atoms with E-state index in [9.17, 15) is 8.42 Å². The number of nitrogens with two attached hydrogens (primary N) is 1. The quantitative estimate of drug-likeness (QED) is 0.773. The highest BCUT2D eigenvalue weighted by Gasteiger charge is 2.21. The van der Waals surface area contributed by atoms with Gasteiger partial charge in [-0.05, 0) is 31.5 Å². The summed E-state index contributed by atoms with van der Waals surface area (Å²) in [6.07, 6.45) is 1.70. The summed E-state index contributed by atoms with van der Waals surface area (Å²) in [5.41, 5.74) is 6.01. The number of hydrogen-bond acceptors (Lipinski definition) is 4. The molecule has 1 unspecified atom stereocenters. The molecule has 6 heteroatoms. The monoisotopic (exact) mass is 272 g/mol. The van der Waals surface area contributed by atoms with Crippen LogP contribution in [0.25, 0.3) is 0 Å². The number of nitrogens with one attached hydrogen (secondary N) is 1. The van der Waals surface area contributed by atoms with Crippen LogP contribution in [0.15, 0.2) is 23.1 Å². The fourth-order valence-electron chi connectivity index (χ4n) is 1.72. The zero-order valence-corrected chi connectivity index (χ0v) is 11.8. The molecule has 0 bridgehead atoms. The zero-order chi connectivity index (χ0) is 13.8. The molecule has 0 heterocycles. The predicted octanol–water partition coefficient (Wildman–Crippen LogP) is 1.74. The van der Waals surface area contributed by atoms with E-state index in [4.69, 9.17) is 10.5 Å². The number of anilines is 1. The number of benzene rings is 1. The summed E-state index contributed by atoms with van der Waals surface area (Å²) in [6, 6.07) is 4.44. The fourth-order valence-corrected chi connectivity index (χ4v) is 3.21. The first kappa shape index (κ1) is 14.8. The van der Waals surface area contributed by atoms with Gasteiger partial charge in [-0.1, -0.05) is 13.3 Å². The standard InChI is InChI=1S/C12H20N2O3S/c1-4-5-9(2)14-18(15,16)12-8-10(13)6-7-11(12)17-3/h6-9,14H,4-5,13H2,1-3H3. The fraction of sp³-hybridized carbons (Fsp3) is 0.500. The minimum absolute atomic E-state index is 0.0768. The molecule has 0 aromatic heterocycles. The highest BCUT2D eigenvalue weighted by Crippen LogP contribution is 2.26. The molecule has 0 fully saturated rings. The molecule has 0 radical (unpaired) electrons. The number of ether oxygens (including phenoxy) is 1. The van der Waals surface area contributed by atoms with E-state index in [2.05, 4.69) is 4.72 Å². The zero-order valence-electron chi connectivity index (χ0n) is 10.9. The maximum absolute atomic E-state index is 12.2. The second-order valence-corrected chi connectivity index (χ2v) is 5.90. The molecular formula is C12H20N2O3S. The van der Waals surface area contributed by atoms with Crippen LogP contribution in [0.4, 0.5) is 5.69 Å². The summed E-state index contributed by atoms with van der Waals surface area (Å²) in [7, 11) is -2.17. The van der Waals surface area contributed by atoms with E-state index >= 15 is 0 Å². The molecule has 102 valence electrons. The molecule has 1 aromatic carbocycles. The van der Waals surface area contributed by atoms with Crippen LogP contribution in [-0.4, -0.2) is 21.6 Å². The number of methoxy groups -OCH3 is 1. The summed E-state index contributed by atoms with van der Waals surface area (Å²) in [4.78, 5) is 0.0768. The number of hydrogen-bond donors (Lipinski definition) is 2. The van der Waals surface area contributed by atoms with Crippen molar-refractivity contribution in [3.63, 3.8) is 0 Å². The summed E-state index contributed by atoms with van der Waals surface area (Å²) < 4.78 is 32.1. The molecule has 0 aliphatic heterocycles. The molecule has 3 N–H and O–H groups in total. The second kappa shape index (κ2) is 6.06. The third-order valence-corrected chi connectivity index (χ3v) is 4.17. The van der Waals surface area contributed by atoms with Crippen molar-refractivity contribution in [3.05, 3.63) is 18.2 Å². The van der Waals surface area contributed by atoms with Gasteiger partial charge in [0.2, 0.25) is 10.0 Å². The molecule has 0 amide bonds. The van der Waals surface area contributed by atoms with Crippen LogP contribution in [0.2, 0.25) is 0 Å². The highest BCUT2D eigenvalue weighted by atomic mass is 32.2. The molecule has 0 saturated carbocycles. The summed E-state index contributed by atoms with van der Waals surface area (Å²) in [5.74, 6) is 0.292. The van der Waals surface area contributed by atoms with E-state index < -0.39 is 10.0 Å². The first-order valence-electron chi connectivity index (χ1n) is 5.86. The summed E-state index contributed by atoms with van der Waals surface area (Å²) in [6.45, 7) is 3.84. The number of nitrogen functional groups attached to an aromatic ring is 1. The van der Waals surface area contributed by atoms with Crippen molar-refractivity contribution in [2.45, 2.75) is 37.6 Å². The highest BCUT2D eigenvalue weighted by molar-refractivity contribution is 7.89. The molecule has 5 nitrogen and oxygen atoms in total. The van der Waals surface area contributed by atoms with Gasteiger partial charge < -0.3 is 10.5 Å². The molecule has 0 aliphatic rings. The van der Waals surface area contributed by atoms with Crippen LogP contribution in [0.5, 0.6) is 5.75 Å². The van der Waals surface area contributed by atoms with Gasteiger partial charge in [0.1, 0.15) is 10.6 Å². The minimum Gasteiger partial charge on any atom is -0.495 e. The molecule has 0 spiro atoms. The van der Waals surface area contributed by atoms with Crippen molar-refractivity contribution in [1.82, 2.24) is 4.72 Å². The molecule has 0 aliphatic carbocycles. The van der Waals surface area contributed by atoms with Crippen LogP contribution < -0.4 is 15.2 Å². The lowest BCUT2D eigenvalue weighted by atomic mass is 10.2. The van der Waals surface area contributed by atoms with Gasteiger partial charge in [0.15, 0.2) is 0 Å². The summed E-state index contributed by atoms with van der Waals surface area (Å²) in [5, 5.41) is 0. The van der Waals surface area contributed by atoms with Gasteiger partial charge in [-0.2, -0.15) is 0 Å². The predicted molar refractivity (Wildman–Crippen MR) is 72.1 cm³/mol. The average Bonchev–Trinajstić information content (AvgIpc) is 2.28. The number of sulfonamides is 1. The van der Waals surface area contributed by atoms with Gasteiger partial charge >= 0.3 is 0 Å². The normalized spacial score (nSPS) is 13.3. The van der Waals surface area contributed by atoms with Crippen molar-refractivity contribution >= 4 is 15.7 Å². The van der Waals surface area contributed by atoms with Crippen LogP contribution >= 0.6 is 0 Å². The minimum atomic E-state index is -3.60. The van der Waals surface area contributed by atoms with Gasteiger partial charge in [-0.25, -0.2) is 13.1 Å². The molecular weight excluding hydrogens is 252 g/mol. The van der Waals surface area contributed by atoms with Crippen LogP contribution in [0.3, 0.4) is 0 Å². The van der Waals surface area contributed by atoms with Gasteiger partial charge in [-0.15, -0.1) is 0 Å². The van der Waals surface area contributed by atoms with E-state index in [1.54, 1.807) is 12.1 Å². The lowest BCUT2D eigenvalue weighted by Gasteiger charge is -2.15. The lowest BCUT2D eigenvalue weighted by molar-refractivity contribution is 0.402. The van der Waals surface area contributed by atoms with Gasteiger partial charge in [0.05, 0.1) is 7.11 Å². The van der Waals surface area contributed by atoms with E-state index in [1.807, 2.05) is 13.8 Å². The van der Waals surface area contributed by atoms with Gasteiger partial charge in [0.25, 0.3) is 0 Å². The Bertz CT molecular complexity index is 500. The first-order chi connectivity index (χ1) is 8.40. The largest absolute Gasteiger partial charge is 0.495 e. The molecule has 1 rings (SSSR count). The van der Waals surface area contributed by atoms with Crippen LogP contribution in [0, 0.1) is 0 Å². The topological polar surface area (TPSA) is 81.4 Å². The van der Waals surface area contributed by atoms with Crippen LogP contribution in [0.1, 0.15) is 26.7 Å². The molecule has 1 atom stereocenters. The van der Waals surface area contributed by atoms with Gasteiger partial charge in [0, 0.05) is 11.7 Å². The Balaban J connectivity index is 3.07. The SMILES string of the molecule is CCCC(C)NS(=O)(=O)c1cc(N)ccc1OC. The Labute approximate surface area is 108 Å². The molecule has 18 heavy (non-hydrogen) atoms. The summed E-state index contributed by atoms with van der Waals surface area (Å²) >= 11 is 0. The number of rotatable bonds is 6. The van der Waals surface area contributed by atoms with E-state index in [0.29, 0.717) is 11.4 Å². The lowest BCUT2D eigenvalue weighted by Crippen LogP contribution is -2.32. The Morgan fingerprint density at radius 2 is 2.11 bits per heavy atom. The van der Waals surface area contributed by atoms with Crippen molar-refractivity contribution in [3.8, 4) is 5.75 Å². The van der Waals surface area contributed by atoms with Crippen molar-refractivity contribution in [2.24, 2.45) is 0 Å². The molecule has 1 aromatic rings. The van der Waals surface area contributed by atoms with Crippen molar-refractivity contribution < 1.29 is 13.2 Å². The Hall–Kier alpha value is -1.27. The van der Waals surface area contributed by atoms with Crippen LogP contribution in [-0.2, 0) is 10.0 Å². The Morgan fingerprint density at radius 1 is 1.44 bits per heavy atom. The van der Waals surface area contributed by atoms with Crippen molar-refractivity contribution in [2.75, 3.05) is 12.8 Å². The third kappa shape index (κ3) is 3.61. The van der Waals surface area contributed by atoms with E-state index in [1.165, 1.54) is 13.2 Å². The Kier molecular flexibility index (Phi) is 4.98. The Morgan fingerprint density at radius 3 is 2.67 bits per heavy atom. The van der Waals surface area contributed by atoms with E-state index in [-0.39, 0.29) is 10.9 Å². The first-order valence-corrected chi connectivity index (χ1v) is 7.35. The second-order valence-electron chi connectivity index (χ2n) is 4.22. The molecule has 0 saturated heterocycles. The van der Waals surface area contributed by atoms with E-state index in [0.717, 1.165) is 12.8 Å².